The second kappa shape index (κ2) is 9.79. The number of methoxy groups -OCH3 is 1. The molecule has 190 valence electrons. The number of hydrogen-bond donors (Lipinski definition) is 2. The van der Waals surface area contributed by atoms with Crippen LogP contribution in [-0.4, -0.2) is 59.9 Å². The van der Waals surface area contributed by atoms with Gasteiger partial charge in [0.1, 0.15) is 5.82 Å². The SMILES string of the molecule is COc1c(N2CCN(C3=CC=C(C(C)(C)O)CN3)C(C)C2)cnc2c(-c3ccc(C#N)cc3)cccc12. The van der Waals surface area contributed by atoms with Gasteiger partial charge in [0.05, 0.1) is 41.7 Å². The molecule has 7 nitrogen and oxygen atoms in total. The molecule has 0 aliphatic carbocycles. The van der Waals surface area contributed by atoms with Gasteiger partial charge in [-0.05, 0) is 56.2 Å². The lowest BCUT2D eigenvalue weighted by Crippen LogP contribution is -2.54. The molecule has 37 heavy (non-hydrogen) atoms. The van der Waals surface area contributed by atoms with Gasteiger partial charge in [-0.2, -0.15) is 5.26 Å². The van der Waals surface area contributed by atoms with E-state index >= 15 is 0 Å². The van der Waals surface area contributed by atoms with Crippen molar-refractivity contribution in [2.45, 2.75) is 32.4 Å². The summed E-state index contributed by atoms with van der Waals surface area (Å²) < 4.78 is 5.97. The average molecular weight is 496 g/mol. The van der Waals surface area contributed by atoms with Gasteiger partial charge in [-0.3, -0.25) is 4.98 Å². The summed E-state index contributed by atoms with van der Waals surface area (Å²) >= 11 is 0. The van der Waals surface area contributed by atoms with Gasteiger partial charge in [0, 0.05) is 43.2 Å². The van der Waals surface area contributed by atoms with Crippen LogP contribution in [0.4, 0.5) is 5.69 Å². The molecule has 2 N–H and O–H groups in total. The summed E-state index contributed by atoms with van der Waals surface area (Å²) in [4.78, 5) is 9.63. The fourth-order valence-corrected chi connectivity index (χ4v) is 5.22. The number of nitriles is 1. The highest BCUT2D eigenvalue weighted by molar-refractivity contribution is 5.99. The number of piperazine rings is 1. The molecule has 7 heteroatoms. The van der Waals surface area contributed by atoms with Gasteiger partial charge in [-0.25, -0.2) is 0 Å². The fraction of sp³-hybridized carbons (Fsp3) is 0.333. The van der Waals surface area contributed by atoms with Crippen LogP contribution in [0, 0.1) is 11.3 Å². The van der Waals surface area contributed by atoms with Crippen molar-refractivity contribution < 1.29 is 9.84 Å². The van der Waals surface area contributed by atoms with Crippen LogP contribution in [-0.2, 0) is 0 Å². The molecule has 0 saturated carbocycles. The van der Waals surface area contributed by atoms with Crippen molar-refractivity contribution in [3.63, 3.8) is 0 Å². The maximum atomic E-state index is 10.3. The zero-order valence-electron chi connectivity index (χ0n) is 21.8. The Balaban J connectivity index is 1.41. The first-order chi connectivity index (χ1) is 17.8. The van der Waals surface area contributed by atoms with Crippen LogP contribution in [0.1, 0.15) is 26.3 Å². The molecule has 0 radical (unpaired) electrons. The van der Waals surface area contributed by atoms with E-state index in [9.17, 15) is 5.11 Å². The van der Waals surface area contributed by atoms with E-state index < -0.39 is 5.60 Å². The standard InChI is InChI=1S/C30H33N5O2/c1-20-19-34(14-15-35(20)27-13-12-23(17-32-27)30(2,3)36)26-18-33-28-24(6-5-7-25(28)29(26)37-4)22-10-8-21(16-31)9-11-22/h5-13,18,20,32,36H,14-15,17,19H2,1-4H3. The Hall–Kier alpha value is -4.02. The maximum Gasteiger partial charge on any atom is 0.153 e. The molecule has 2 aliphatic rings. The summed E-state index contributed by atoms with van der Waals surface area (Å²) in [5.74, 6) is 1.92. The molecular formula is C30H33N5O2. The third kappa shape index (κ3) is 4.73. The quantitative estimate of drug-likeness (QED) is 0.542. The molecule has 1 fully saturated rings. The van der Waals surface area contributed by atoms with Crippen molar-refractivity contribution in [1.29, 1.82) is 5.26 Å². The minimum Gasteiger partial charge on any atom is -0.494 e. The lowest BCUT2D eigenvalue weighted by Gasteiger charge is -2.44. The Morgan fingerprint density at radius 2 is 1.92 bits per heavy atom. The van der Waals surface area contributed by atoms with Crippen LogP contribution in [0.15, 0.2) is 72.2 Å². The molecule has 0 bridgehead atoms. The number of anilines is 1. The fourth-order valence-electron chi connectivity index (χ4n) is 5.22. The van der Waals surface area contributed by atoms with Crippen LogP contribution in [0.3, 0.4) is 0 Å². The van der Waals surface area contributed by atoms with E-state index in [0.717, 1.165) is 64.5 Å². The highest BCUT2D eigenvalue weighted by Crippen LogP contribution is 2.39. The van der Waals surface area contributed by atoms with E-state index in [-0.39, 0.29) is 6.04 Å². The van der Waals surface area contributed by atoms with E-state index in [1.54, 1.807) is 7.11 Å². The predicted octanol–water partition coefficient (Wildman–Crippen LogP) is 4.43. The van der Waals surface area contributed by atoms with Crippen molar-refractivity contribution in [1.82, 2.24) is 15.2 Å². The first-order valence-electron chi connectivity index (χ1n) is 12.7. The number of dihydropyridines is 1. The number of hydrogen-bond acceptors (Lipinski definition) is 7. The molecule has 1 unspecified atom stereocenters. The number of nitrogens with one attached hydrogen (secondary N) is 1. The minimum atomic E-state index is -0.821. The van der Waals surface area contributed by atoms with E-state index in [0.29, 0.717) is 12.1 Å². The molecule has 1 atom stereocenters. The number of rotatable bonds is 5. The molecule has 0 amide bonds. The van der Waals surface area contributed by atoms with Gasteiger partial charge in [0.2, 0.25) is 0 Å². The van der Waals surface area contributed by atoms with Crippen LogP contribution in [0.2, 0.25) is 0 Å². The number of para-hydroxylation sites is 1. The summed E-state index contributed by atoms with van der Waals surface area (Å²) in [5.41, 5.74) is 4.70. The number of nitrogens with zero attached hydrogens (tertiary/aromatic N) is 4. The summed E-state index contributed by atoms with van der Waals surface area (Å²) in [6, 6.07) is 16.2. The van der Waals surface area contributed by atoms with Gasteiger partial charge in [0.25, 0.3) is 0 Å². The van der Waals surface area contributed by atoms with Crippen molar-refractivity contribution >= 4 is 16.6 Å². The van der Waals surface area contributed by atoms with E-state index in [4.69, 9.17) is 15.0 Å². The summed E-state index contributed by atoms with van der Waals surface area (Å²) in [6.45, 7) is 9.04. The van der Waals surface area contributed by atoms with Crippen molar-refractivity contribution in [3.8, 4) is 22.9 Å². The lowest BCUT2D eigenvalue weighted by atomic mass is 9.96. The number of fused-ring (bicyclic) bond motifs is 1. The zero-order valence-corrected chi connectivity index (χ0v) is 21.8. The van der Waals surface area contributed by atoms with Gasteiger partial charge in [-0.15, -0.1) is 0 Å². The van der Waals surface area contributed by atoms with Gasteiger partial charge >= 0.3 is 0 Å². The Morgan fingerprint density at radius 3 is 2.54 bits per heavy atom. The van der Waals surface area contributed by atoms with E-state index in [2.05, 4.69) is 46.3 Å². The third-order valence-electron chi connectivity index (χ3n) is 7.32. The lowest BCUT2D eigenvalue weighted by molar-refractivity contribution is 0.116. The molecule has 0 spiro atoms. The summed E-state index contributed by atoms with van der Waals surface area (Å²) in [5, 5.41) is 23.9. The predicted molar refractivity (Wildman–Crippen MR) is 147 cm³/mol. The topological polar surface area (TPSA) is 84.7 Å². The average Bonchev–Trinajstić information content (AvgIpc) is 2.91. The minimum absolute atomic E-state index is 0.273. The highest BCUT2D eigenvalue weighted by Gasteiger charge is 2.29. The number of aliphatic hydroxyl groups is 1. The van der Waals surface area contributed by atoms with Crippen molar-refractivity contribution in [3.05, 3.63) is 77.8 Å². The first-order valence-corrected chi connectivity index (χ1v) is 12.7. The Bertz CT molecular complexity index is 1410. The molecule has 5 rings (SSSR count). The third-order valence-corrected chi connectivity index (χ3v) is 7.32. The molecule has 3 aromatic rings. The Labute approximate surface area is 218 Å². The number of ether oxygens (including phenoxy) is 1. The van der Waals surface area contributed by atoms with E-state index in [1.165, 1.54) is 0 Å². The zero-order chi connectivity index (χ0) is 26.2. The highest BCUT2D eigenvalue weighted by atomic mass is 16.5. The van der Waals surface area contributed by atoms with Crippen LogP contribution in [0.5, 0.6) is 5.75 Å². The molecule has 2 aromatic carbocycles. The van der Waals surface area contributed by atoms with Crippen LogP contribution < -0.4 is 15.0 Å². The summed E-state index contributed by atoms with van der Waals surface area (Å²) in [7, 11) is 1.72. The summed E-state index contributed by atoms with van der Waals surface area (Å²) in [6.07, 6.45) is 6.03. The van der Waals surface area contributed by atoms with Gasteiger partial charge < -0.3 is 25.0 Å². The monoisotopic (exact) mass is 495 g/mol. The molecule has 2 aliphatic heterocycles. The van der Waals surface area contributed by atoms with Crippen LogP contribution >= 0.6 is 0 Å². The molecule has 1 aromatic heterocycles. The van der Waals surface area contributed by atoms with Crippen molar-refractivity contribution in [2.24, 2.45) is 0 Å². The van der Waals surface area contributed by atoms with Gasteiger partial charge in [-0.1, -0.05) is 30.3 Å². The smallest absolute Gasteiger partial charge is 0.153 e. The van der Waals surface area contributed by atoms with Gasteiger partial charge in [0.15, 0.2) is 5.75 Å². The number of aromatic nitrogens is 1. The number of benzene rings is 2. The Kier molecular flexibility index (Phi) is 6.53. The van der Waals surface area contributed by atoms with Crippen LogP contribution in [0.25, 0.3) is 22.0 Å². The number of pyridine rings is 1. The van der Waals surface area contributed by atoms with Crippen molar-refractivity contribution in [2.75, 3.05) is 38.2 Å². The first kappa shape index (κ1) is 24.7. The molecule has 1 saturated heterocycles. The second-order valence-corrected chi connectivity index (χ2v) is 10.2. The Morgan fingerprint density at radius 1 is 1.14 bits per heavy atom. The number of allylic oxidation sites excluding steroid dienone is 2. The van der Waals surface area contributed by atoms with E-state index in [1.807, 2.05) is 56.5 Å². The largest absolute Gasteiger partial charge is 0.494 e. The maximum absolute atomic E-state index is 10.3. The second-order valence-electron chi connectivity index (χ2n) is 10.2. The normalized spacial score (nSPS) is 18.1. The molecule has 3 heterocycles. The molecular weight excluding hydrogens is 462 g/mol.